The fourth-order valence-corrected chi connectivity index (χ4v) is 2.75. The van der Waals surface area contributed by atoms with Crippen molar-refractivity contribution in [3.63, 3.8) is 0 Å². The van der Waals surface area contributed by atoms with Gasteiger partial charge < -0.3 is 9.72 Å². The molecule has 0 aliphatic heterocycles. The smallest absolute Gasteiger partial charge is 0.355 e. The highest BCUT2D eigenvalue weighted by Gasteiger charge is 2.17. The molecular weight excluding hydrogens is 328 g/mol. The highest BCUT2D eigenvalue weighted by atomic mass is 16.5. The quantitative estimate of drug-likeness (QED) is 0.533. The third kappa shape index (κ3) is 3.59. The van der Waals surface area contributed by atoms with Crippen LogP contribution < -0.4 is 0 Å². The fourth-order valence-electron chi connectivity index (χ4n) is 2.75. The maximum Gasteiger partial charge on any atom is 0.355 e. The van der Waals surface area contributed by atoms with Crippen LogP contribution in [0.1, 0.15) is 39.8 Å². The number of hydrogen-bond acceptors (Lipinski definition) is 4. The molecule has 6 heteroatoms. The molecule has 0 spiro atoms. The van der Waals surface area contributed by atoms with Crippen LogP contribution in [0.4, 0.5) is 5.82 Å². The monoisotopic (exact) mass is 350 g/mol. The van der Waals surface area contributed by atoms with E-state index in [0.717, 1.165) is 28.1 Å². The van der Waals surface area contributed by atoms with Gasteiger partial charge in [-0.2, -0.15) is 5.10 Å². The number of nitrogens with one attached hydrogen (secondary N) is 2. The Morgan fingerprint density at radius 2 is 1.96 bits per heavy atom. The summed E-state index contributed by atoms with van der Waals surface area (Å²) in [7, 11) is 0. The average molecular weight is 350 g/mol. The Morgan fingerprint density at radius 1 is 1.23 bits per heavy atom. The Morgan fingerprint density at radius 3 is 2.65 bits per heavy atom. The Labute approximate surface area is 152 Å². The van der Waals surface area contributed by atoms with E-state index in [0.29, 0.717) is 18.1 Å². The number of nitrogens with zero attached hydrogens (tertiary/aromatic N) is 2. The molecule has 2 aromatic heterocycles. The molecule has 26 heavy (non-hydrogen) atoms. The SMILES string of the molecule is CCOC(=O)c1[nH]c(C)c(C=Nc2cc(-c3ccc(C)cc3)[nH]n2)c1C. The normalized spacial score (nSPS) is 11.2. The van der Waals surface area contributed by atoms with Gasteiger partial charge in [0.05, 0.1) is 12.3 Å². The molecule has 0 saturated carbocycles. The fraction of sp³-hybridized carbons (Fsp3) is 0.250. The second-order valence-electron chi connectivity index (χ2n) is 6.15. The summed E-state index contributed by atoms with van der Waals surface area (Å²) in [5, 5.41) is 7.24. The molecule has 3 rings (SSSR count). The van der Waals surface area contributed by atoms with E-state index >= 15 is 0 Å². The lowest BCUT2D eigenvalue weighted by atomic mass is 10.1. The third-order valence-electron chi connectivity index (χ3n) is 4.23. The van der Waals surface area contributed by atoms with Crippen molar-refractivity contribution >= 4 is 18.0 Å². The van der Waals surface area contributed by atoms with Gasteiger partial charge in [-0.05, 0) is 38.8 Å². The first-order chi connectivity index (χ1) is 12.5. The molecular formula is C20H22N4O2. The van der Waals surface area contributed by atoms with E-state index in [1.165, 1.54) is 5.56 Å². The number of hydrogen-bond donors (Lipinski definition) is 2. The molecule has 0 fully saturated rings. The molecule has 2 N–H and O–H groups in total. The number of ether oxygens (including phenoxy) is 1. The highest BCUT2D eigenvalue weighted by molar-refractivity contribution is 5.95. The molecule has 0 atom stereocenters. The number of benzene rings is 1. The molecule has 1 aromatic carbocycles. The summed E-state index contributed by atoms with van der Waals surface area (Å²) in [6, 6.07) is 10.1. The predicted molar refractivity (Wildman–Crippen MR) is 102 cm³/mol. The summed E-state index contributed by atoms with van der Waals surface area (Å²) in [4.78, 5) is 19.5. The Balaban J connectivity index is 1.83. The van der Waals surface area contributed by atoms with Gasteiger partial charge in [-0.1, -0.05) is 29.8 Å². The van der Waals surface area contributed by atoms with Crippen molar-refractivity contribution in [2.24, 2.45) is 4.99 Å². The van der Waals surface area contributed by atoms with Gasteiger partial charge in [0, 0.05) is 23.5 Å². The van der Waals surface area contributed by atoms with Crippen molar-refractivity contribution in [2.75, 3.05) is 6.61 Å². The molecule has 0 aliphatic carbocycles. The first-order valence-corrected chi connectivity index (χ1v) is 8.52. The number of aliphatic imine (C=N–C) groups is 1. The maximum atomic E-state index is 12.0. The van der Waals surface area contributed by atoms with Crippen LogP contribution in [-0.4, -0.2) is 34.0 Å². The van der Waals surface area contributed by atoms with Crippen molar-refractivity contribution in [3.8, 4) is 11.3 Å². The van der Waals surface area contributed by atoms with E-state index in [-0.39, 0.29) is 5.97 Å². The topological polar surface area (TPSA) is 83.1 Å². The van der Waals surface area contributed by atoms with Crippen LogP contribution >= 0.6 is 0 Å². The molecule has 0 amide bonds. The van der Waals surface area contributed by atoms with Crippen molar-refractivity contribution in [2.45, 2.75) is 27.7 Å². The van der Waals surface area contributed by atoms with Gasteiger partial charge in [-0.3, -0.25) is 5.10 Å². The molecule has 0 saturated heterocycles. The summed E-state index contributed by atoms with van der Waals surface area (Å²) < 4.78 is 5.07. The zero-order valence-corrected chi connectivity index (χ0v) is 15.4. The van der Waals surface area contributed by atoms with E-state index in [4.69, 9.17) is 4.74 Å². The minimum Gasteiger partial charge on any atom is -0.461 e. The minimum atomic E-state index is -0.353. The number of aryl methyl sites for hydroxylation is 2. The number of aromatic nitrogens is 3. The van der Waals surface area contributed by atoms with Crippen molar-refractivity contribution in [1.29, 1.82) is 0 Å². The zero-order chi connectivity index (χ0) is 18.7. The molecule has 3 aromatic rings. The van der Waals surface area contributed by atoms with E-state index in [9.17, 15) is 4.79 Å². The van der Waals surface area contributed by atoms with Gasteiger partial charge in [-0.25, -0.2) is 9.79 Å². The summed E-state index contributed by atoms with van der Waals surface area (Å²) >= 11 is 0. The van der Waals surface area contributed by atoms with Crippen molar-refractivity contribution in [1.82, 2.24) is 15.2 Å². The summed E-state index contributed by atoms with van der Waals surface area (Å²) in [6.45, 7) is 7.96. The Kier molecular flexibility index (Phi) is 5.02. The predicted octanol–water partition coefficient (Wildman–Crippen LogP) is 4.26. The van der Waals surface area contributed by atoms with E-state index in [1.807, 2.05) is 32.0 Å². The summed E-state index contributed by atoms with van der Waals surface area (Å²) in [5.74, 6) is 0.229. The van der Waals surface area contributed by atoms with Gasteiger partial charge in [-0.15, -0.1) is 0 Å². The summed E-state index contributed by atoms with van der Waals surface area (Å²) in [6.07, 6.45) is 1.72. The second-order valence-corrected chi connectivity index (χ2v) is 6.15. The Bertz CT molecular complexity index is 949. The van der Waals surface area contributed by atoms with Crippen LogP contribution in [0.5, 0.6) is 0 Å². The highest BCUT2D eigenvalue weighted by Crippen LogP contribution is 2.22. The van der Waals surface area contributed by atoms with Gasteiger partial charge in [0.1, 0.15) is 5.69 Å². The van der Waals surface area contributed by atoms with Crippen LogP contribution in [-0.2, 0) is 4.74 Å². The maximum absolute atomic E-state index is 12.0. The minimum absolute atomic E-state index is 0.342. The van der Waals surface area contributed by atoms with E-state index in [2.05, 4.69) is 39.2 Å². The molecule has 6 nitrogen and oxygen atoms in total. The van der Waals surface area contributed by atoms with Crippen molar-refractivity contribution in [3.05, 3.63) is 58.4 Å². The zero-order valence-electron chi connectivity index (χ0n) is 15.4. The number of H-pyrrole nitrogens is 2. The standard InChI is InChI=1S/C20H22N4O2/c1-5-26-20(25)19-13(3)16(14(4)22-19)11-21-18-10-17(23-24-18)15-8-6-12(2)7-9-15/h6-11,22H,5H2,1-4H3,(H,23,24). The first-order valence-electron chi connectivity index (χ1n) is 8.52. The lowest BCUT2D eigenvalue weighted by Crippen LogP contribution is -2.06. The first kappa shape index (κ1) is 17.7. The molecule has 0 unspecified atom stereocenters. The van der Waals surface area contributed by atoms with Gasteiger partial charge in [0.25, 0.3) is 0 Å². The van der Waals surface area contributed by atoms with Crippen LogP contribution in [0.3, 0.4) is 0 Å². The molecule has 134 valence electrons. The van der Waals surface area contributed by atoms with Crippen LogP contribution in [0.25, 0.3) is 11.3 Å². The van der Waals surface area contributed by atoms with Gasteiger partial charge >= 0.3 is 5.97 Å². The number of carbonyl (C=O) groups excluding carboxylic acids is 1. The number of esters is 1. The number of carbonyl (C=O) groups is 1. The average Bonchev–Trinajstić information content (AvgIpc) is 3.19. The van der Waals surface area contributed by atoms with Crippen LogP contribution in [0, 0.1) is 20.8 Å². The van der Waals surface area contributed by atoms with E-state index < -0.39 is 0 Å². The number of aromatic amines is 2. The molecule has 0 radical (unpaired) electrons. The molecule has 0 aliphatic rings. The summed E-state index contributed by atoms with van der Waals surface area (Å²) in [5.41, 5.74) is 6.20. The second kappa shape index (κ2) is 7.39. The third-order valence-corrected chi connectivity index (χ3v) is 4.23. The van der Waals surface area contributed by atoms with E-state index in [1.54, 1.807) is 13.1 Å². The number of rotatable bonds is 5. The van der Waals surface area contributed by atoms with Gasteiger partial charge in [0.15, 0.2) is 5.82 Å². The van der Waals surface area contributed by atoms with Gasteiger partial charge in [0.2, 0.25) is 0 Å². The van der Waals surface area contributed by atoms with Crippen LogP contribution in [0.2, 0.25) is 0 Å². The molecule has 2 heterocycles. The van der Waals surface area contributed by atoms with Crippen molar-refractivity contribution < 1.29 is 9.53 Å². The lowest BCUT2D eigenvalue weighted by Gasteiger charge is -2.00. The Hall–Kier alpha value is -3.15. The largest absolute Gasteiger partial charge is 0.461 e. The lowest BCUT2D eigenvalue weighted by molar-refractivity contribution is 0.0519. The molecule has 0 bridgehead atoms. The van der Waals surface area contributed by atoms with Crippen LogP contribution in [0.15, 0.2) is 35.3 Å².